The van der Waals surface area contributed by atoms with Gasteiger partial charge in [-0.3, -0.25) is 0 Å². The van der Waals surface area contributed by atoms with Crippen LogP contribution in [-0.2, 0) is 7.05 Å². The van der Waals surface area contributed by atoms with E-state index in [1.165, 1.54) is 49.8 Å². The third kappa shape index (κ3) is 5.39. The molecule has 1 aromatic heterocycles. The summed E-state index contributed by atoms with van der Waals surface area (Å²) in [5.41, 5.74) is 2.68. The van der Waals surface area contributed by atoms with Crippen LogP contribution < -0.4 is 3.58 Å². The van der Waals surface area contributed by atoms with Crippen molar-refractivity contribution in [2.45, 2.75) is 72.6 Å². The van der Waals surface area contributed by atoms with Crippen molar-refractivity contribution in [3.8, 4) is 11.3 Å². The van der Waals surface area contributed by atoms with Gasteiger partial charge in [-0.15, -0.1) is 0 Å². The van der Waals surface area contributed by atoms with E-state index in [4.69, 9.17) is 0 Å². The Balaban J connectivity index is 2.32. The Labute approximate surface area is 159 Å². The summed E-state index contributed by atoms with van der Waals surface area (Å²) in [6.45, 7) is 7.07. The third-order valence-corrected chi connectivity index (χ3v) is 21.4. The first-order valence-corrected chi connectivity index (χ1v) is 17.9. The Morgan fingerprint density at radius 1 is 0.760 bits per heavy atom. The van der Waals surface area contributed by atoms with Crippen LogP contribution in [0.1, 0.15) is 59.3 Å². The maximum absolute atomic E-state index is 2.51. The minimum absolute atomic E-state index is 1.32. The first-order chi connectivity index (χ1) is 12.2. The van der Waals surface area contributed by atoms with Crippen molar-refractivity contribution in [1.29, 1.82) is 0 Å². The molecule has 0 unspecified atom stereocenters. The van der Waals surface area contributed by atoms with Crippen LogP contribution in [0.25, 0.3) is 11.3 Å². The average Bonchev–Trinajstić information content (AvgIpc) is 3.08. The van der Waals surface area contributed by atoms with Gasteiger partial charge in [-0.05, 0) is 0 Å². The van der Waals surface area contributed by atoms with Crippen LogP contribution in [0.5, 0.6) is 0 Å². The van der Waals surface area contributed by atoms with Crippen LogP contribution in [0.15, 0.2) is 42.6 Å². The summed E-state index contributed by atoms with van der Waals surface area (Å²) in [4.78, 5) is 0. The number of unbranched alkanes of at least 4 members (excludes halogenated alkanes) is 3. The first-order valence-electron chi connectivity index (χ1n) is 10.4. The average molecular weight is 446 g/mol. The van der Waals surface area contributed by atoms with Gasteiger partial charge in [0.15, 0.2) is 0 Å². The molecule has 1 heterocycles. The van der Waals surface area contributed by atoms with Gasteiger partial charge in [-0.1, -0.05) is 0 Å². The Morgan fingerprint density at radius 3 is 1.68 bits per heavy atom. The predicted molar refractivity (Wildman–Crippen MR) is 115 cm³/mol. The Kier molecular flexibility index (Phi) is 8.61. The number of rotatable bonds is 11. The first kappa shape index (κ1) is 20.6. The molecule has 0 atom stereocenters. The van der Waals surface area contributed by atoms with Gasteiger partial charge < -0.3 is 0 Å². The number of hydrogen-bond acceptors (Lipinski definition) is 0. The molecular formula is C23H37NSn. The van der Waals surface area contributed by atoms with Gasteiger partial charge in [-0.25, -0.2) is 0 Å². The summed E-state index contributed by atoms with van der Waals surface area (Å²) < 4.78 is 8.65. The van der Waals surface area contributed by atoms with Crippen molar-refractivity contribution < 1.29 is 0 Å². The molecule has 1 nitrogen and oxygen atoms in total. The predicted octanol–water partition coefficient (Wildman–Crippen LogP) is 6.75. The van der Waals surface area contributed by atoms with E-state index >= 15 is 0 Å². The molecule has 25 heavy (non-hydrogen) atoms. The standard InChI is InChI=1S/C11H10N.3C4H9.Sn/c1-12-9-5-8-11(12)10-6-3-2-4-7-10;3*1-3-4-2;/h3-9H,1H3;3*1,3-4H2,2H3;. The molecular weight excluding hydrogens is 409 g/mol. The zero-order valence-corrected chi connectivity index (χ0v) is 19.7. The van der Waals surface area contributed by atoms with Crippen LogP contribution in [0.4, 0.5) is 0 Å². The summed E-state index contributed by atoms with van der Waals surface area (Å²) in [6, 6.07) is 14.2. The summed E-state index contributed by atoms with van der Waals surface area (Å²) in [5.74, 6) is 0. The topological polar surface area (TPSA) is 4.93 Å². The molecule has 0 amide bonds. The van der Waals surface area contributed by atoms with Crippen molar-refractivity contribution in [3.63, 3.8) is 0 Å². The molecule has 138 valence electrons. The van der Waals surface area contributed by atoms with Gasteiger partial charge in [0.05, 0.1) is 0 Å². The van der Waals surface area contributed by atoms with E-state index in [1.807, 2.05) is 0 Å². The Bertz CT molecular complexity index is 590. The summed E-state index contributed by atoms with van der Waals surface area (Å²) in [6.07, 6.45) is 10.5. The van der Waals surface area contributed by atoms with Crippen LogP contribution in [0.2, 0.25) is 13.3 Å². The number of benzene rings is 1. The van der Waals surface area contributed by atoms with Crippen molar-refractivity contribution >= 4 is 22.0 Å². The fourth-order valence-electron chi connectivity index (χ4n) is 4.11. The van der Waals surface area contributed by atoms with Gasteiger partial charge >= 0.3 is 160 Å². The number of nitrogens with zero attached hydrogens (tertiary/aromatic N) is 1. The number of aromatic nitrogens is 1. The molecule has 0 saturated carbocycles. The van der Waals surface area contributed by atoms with Crippen LogP contribution in [0.3, 0.4) is 0 Å². The maximum atomic E-state index is 2.51. The molecule has 0 N–H and O–H groups in total. The minimum atomic E-state index is -2.26. The molecule has 2 aromatic rings. The SMILES string of the molecule is CCC[CH2][Sn]([CH2]CCC)([CH2]CCC)[c]1ccc(-c2cccn2C)cc1. The molecule has 2 heteroatoms. The summed E-state index contributed by atoms with van der Waals surface area (Å²) in [7, 11) is 2.14. The van der Waals surface area contributed by atoms with Gasteiger partial charge in [0, 0.05) is 0 Å². The van der Waals surface area contributed by atoms with E-state index in [0.717, 1.165) is 0 Å². The molecule has 0 aliphatic carbocycles. The number of aryl methyl sites for hydroxylation is 1. The van der Waals surface area contributed by atoms with E-state index in [0.29, 0.717) is 0 Å². The molecule has 0 radical (unpaired) electrons. The van der Waals surface area contributed by atoms with E-state index in [-0.39, 0.29) is 0 Å². The monoisotopic (exact) mass is 447 g/mol. The van der Waals surface area contributed by atoms with Crippen molar-refractivity contribution in [1.82, 2.24) is 4.57 Å². The Morgan fingerprint density at radius 2 is 1.28 bits per heavy atom. The second kappa shape index (κ2) is 10.4. The normalized spacial score (nSPS) is 11.8. The second-order valence-electron chi connectivity index (χ2n) is 7.67. The van der Waals surface area contributed by atoms with Crippen LogP contribution >= 0.6 is 0 Å². The van der Waals surface area contributed by atoms with Crippen LogP contribution in [0, 0.1) is 0 Å². The molecule has 0 bridgehead atoms. The van der Waals surface area contributed by atoms with E-state index < -0.39 is 18.4 Å². The summed E-state index contributed by atoms with van der Waals surface area (Å²) in [5, 5.41) is 0. The third-order valence-electron chi connectivity index (χ3n) is 5.76. The molecule has 0 aliphatic heterocycles. The number of hydrogen-bond donors (Lipinski definition) is 0. The quantitative estimate of drug-likeness (QED) is 0.337. The zero-order valence-electron chi connectivity index (χ0n) is 16.9. The van der Waals surface area contributed by atoms with Crippen LogP contribution in [-0.4, -0.2) is 22.9 Å². The van der Waals surface area contributed by atoms with Gasteiger partial charge in [-0.2, -0.15) is 0 Å². The molecule has 2 rings (SSSR count). The zero-order chi connectivity index (χ0) is 18.1. The van der Waals surface area contributed by atoms with Gasteiger partial charge in [0.25, 0.3) is 0 Å². The van der Waals surface area contributed by atoms with Crippen molar-refractivity contribution in [2.24, 2.45) is 7.05 Å². The molecule has 0 spiro atoms. The van der Waals surface area contributed by atoms with Gasteiger partial charge in [0.1, 0.15) is 0 Å². The fraction of sp³-hybridized carbons (Fsp3) is 0.565. The van der Waals surface area contributed by atoms with Gasteiger partial charge in [0.2, 0.25) is 0 Å². The van der Waals surface area contributed by atoms with E-state index in [1.54, 1.807) is 16.9 Å². The van der Waals surface area contributed by atoms with E-state index in [9.17, 15) is 0 Å². The Hall–Kier alpha value is -0.701. The molecule has 0 fully saturated rings. The summed E-state index contributed by atoms with van der Waals surface area (Å²) >= 11 is -2.26. The van der Waals surface area contributed by atoms with Crippen molar-refractivity contribution in [3.05, 3.63) is 42.6 Å². The molecule has 0 saturated heterocycles. The van der Waals surface area contributed by atoms with E-state index in [2.05, 4.69) is 75.0 Å². The second-order valence-corrected chi connectivity index (χ2v) is 20.9. The fourth-order valence-corrected chi connectivity index (χ4v) is 20.0. The molecule has 0 aliphatic rings. The van der Waals surface area contributed by atoms with Crippen molar-refractivity contribution in [2.75, 3.05) is 0 Å². The molecule has 1 aromatic carbocycles.